The third kappa shape index (κ3) is 10.9. The van der Waals surface area contributed by atoms with E-state index in [-0.39, 0.29) is 42.0 Å². The van der Waals surface area contributed by atoms with Crippen molar-refractivity contribution in [1.82, 2.24) is 31.0 Å². The van der Waals surface area contributed by atoms with Crippen LogP contribution >= 0.6 is 0 Å². The quantitative estimate of drug-likeness (QED) is 0.105. The molecule has 4 aromatic rings. The van der Waals surface area contributed by atoms with E-state index in [1.54, 1.807) is 30.5 Å². The van der Waals surface area contributed by atoms with Gasteiger partial charge in [-0.05, 0) is 112 Å². The van der Waals surface area contributed by atoms with E-state index < -0.39 is 23.8 Å². The molecule has 0 spiro atoms. The summed E-state index contributed by atoms with van der Waals surface area (Å²) in [5.41, 5.74) is 3.91. The highest BCUT2D eigenvalue weighted by Crippen LogP contribution is 2.29. The van der Waals surface area contributed by atoms with Crippen LogP contribution in [0.4, 0.5) is 15.3 Å². The molecule has 2 aliphatic rings. The van der Waals surface area contributed by atoms with Gasteiger partial charge < -0.3 is 36.0 Å². The lowest BCUT2D eigenvalue weighted by Gasteiger charge is -2.30. The number of ether oxygens (including phenoxy) is 1. The third-order valence-corrected chi connectivity index (χ3v) is 10.4. The van der Waals surface area contributed by atoms with Gasteiger partial charge in [-0.15, -0.1) is 0 Å². The van der Waals surface area contributed by atoms with E-state index >= 15 is 0 Å². The summed E-state index contributed by atoms with van der Waals surface area (Å²) < 4.78 is 5.35. The Balaban J connectivity index is 1.10. The number of fused-ring (bicyclic) bond motifs is 1. The van der Waals surface area contributed by atoms with Gasteiger partial charge in [-0.3, -0.25) is 19.5 Å². The van der Waals surface area contributed by atoms with E-state index in [1.165, 1.54) is 4.90 Å². The van der Waals surface area contributed by atoms with E-state index in [4.69, 9.17) is 4.74 Å². The van der Waals surface area contributed by atoms with Gasteiger partial charge in [0.1, 0.15) is 11.6 Å². The molecule has 3 aromatic carbocycles. The van der Waals surface area contributed by atoms with Crippen molar-refractivity contribution < 1.29 is 33.8 Å². The number of carbonyl (C=O) groups excluding carboxylic acids is 4. The molecule has 1 aliphatic carbocycles. The minimum absolute atomic E-state index is 0.0865. The Labute approximate surface area is 326 Å². The molecule has 2 fully saturated rings. The van der Waals surface area contributed by atoms with E-state index in [9.17, 15) is 29.1 Å². The Bertz CT molecular complexity index is 2020. The standard InChI is InChI=1S/C42H51N7O7/c1-42(2,3)56-40(53)43-24-26-7-9-29(10-8-26)38(51)47-36(39(52)46-34-16-15-32-25-44-48-35(32)23-34)22-27-5-4-6-31(21-27)28-11-13-30(14-12-28)37(50)45-33-17-19-49(20-18-33)41(54)55/h4-6,11-16,21,23,25-26,29,33,36H,7-10,17-20,22,24H2,1-3H3,(H,43,53)(H,44,48)(H,45,50)(H,46,52)(H,47,51)(H,54,55)/t26?,29?,36-/m0/s1. The van der Waals surface area contributed by atoms with Crippen LogP contribution in [0.3, 0.4) is 0 Å². The summed E-state index contributed by atoms with van der Waals surface area (Å²) in [7, 11) is 0. The van der Waals surface area contributed by atoms with Crippen molar-refractivity contribution in [3.63, 3.8) is 0 Å². The number of carbonyl (C=O) groups is 5. The minimum atomic E-state index is -0.942. The van der Waals surface area contributed by atoms with Gasteiger partial charge in [0.2, 0.25) is 11.8 Å². The molecule has 296 valence electrons. The van der Waals surface area contributed by atoms with Crippen LogP contribution < -0.4 is 21.3 Å². The summed E-state index contributed by atoms with van der Waals surface area (Å²) >= 11 is 0. The lowest BCUT2D eigenvalue weighted by Crippen LogP contribution is -2.48. The number of aromatic nitrogens is 2. The summed E-state index contributed by atoms with van der Waals surface area (Å²) in [6, 6.07) is 19.6. The predicted molar refractivity (Wildman–Crippen MR) is 212 cm³/mol. The molecule has 14 heteroatoms. The molecule has 0 bridgehead atoms. The SMILES string of the molecule is CC(C)(C)OC(=O)NCC1CCC(C(=O)N[C@@H](Cc2cccc(-c3ccc(C(=O)NC4CCN(C(=O)O)CC4)cc3)c2)C(=O)Nc2ccc3cn[nH]c3c2)CC1. The molecule has 6 rings (SSSR count). The van der Waals surface area contributed by atoms with Gasteiger partial charge in [0.15, 0.2) is 0 Å². The Hall–Kier alpha value is -5.92. The molecule has 1 aliphatic heterocycles. The van der Waals surface area contributed by atoms with E-state index in [1.807, 2.05) is 63.2 Å². The van der Waals surface area contributed by atoms with Crippen molar-refractivity contribution in [3.05, 3.63) is 84.1 Å². The molecular weight excluding hydrogens is 715 g/mol. The molecule has 0 unspecified atom stereocenters. The predicted octanol–water partition coefficient (Wildman–Crippen LogP) is 6.10. The summed E-state index contributed by atoms with van der Waals surface area (Å²) in [6.07, 6.45) is 4.52. The lowest BCUT2D eigenvalue weighted by molar-refractivity contribution is -0.130. The summed E-state index contributed by atoms with van der Waals surface area (Å²) in [4.78, 5) is 65.3. The fraction of sp³-hybridized carbons (Fsp3) is 0.429. The minimum Gasteiger partial charge on any atom is -0.465 e. The first-order chi connectivity index (χ1) is 26.8. The van der Waals surface area contributed by atoms with Crippen LogP contribution in [0.1, 0.15) is 75.2 Å². The maximum absolute atomic E-state index is 13.9. The highest BCUT2D eigenvalue weighted by Gasteiger charge is 2.31. The second-order valence-electron chi connectivity index (χ2n) is 15.8. The fourth-order valence-corrected chi connectivity index (χ4v) is 7.33. The molecule has 2 heterocycles. The normalized spacial score (nSPS) is 18.1. The van der Waals surface area contributed by atoms with Gasteiger partial charge in [-0.25, -0.2) is 9.59 Å². The Morgan fingerprint density at radius 1 is 0.911 bits per heavy atom. The van der Waals surface area contributed by atoms with Crippen LogP contribution in [0, 0.1) is 11.8 Å². The van der Waals surface area contributed by atoms with Gasteiger partial charge in [0, 0.05) is 54.7 Å². The molecule has 56 heavy (non-hydrogen) atoms. The average molecular weight is 766 g/mol. The summed E-state index contributed by atoms with van der Waals surface area (Å²) in [6.45, 7) is 6.72. The number of anilines is 1. The number of H-pyrrole nitrogens is 1. The van der Waals surface area contributed by atoms with Crippen LogP contribution in [0.15, 0.2) is 72.9 Å². The second kappa shape index (κ2) is 17.7. The Morgan fingerprint density at radius 3 is 2.34 bits per heavy atom. The second-order valence-corrected chi connectivity index (χ2v) is 15.8. The smallest absolute Gasteiger partial charge is 0.407 e. The highest BCUT2D eigenvalue weighted by molar-refractivity contribution is 5.99. The topological polar surface area (TPSA) is 195 Å². The number of carboxylic acid groups (broad SMARTS) is 1. The zero-order valence-electron chi connectivity index (χ0n) is 32.1. The van der Waals surface area contributed by atoms with Crippen LogP contribution in [-0.4, -0.2) is 87.4 Å². The summed E-state index contributed by atoms with van der Waals surface area (Å²) in [5.74, 6) is -0.754. The zero-order valence-corrected chi connectivity index (χ0v) is 32.1. The number of nitrogens with one attached hydrogen (secondary N) is 5. The van der Waals surface area contributed by atoms with Crippen molar-refractivity contribution in [1.29, 1.82) is 0 Å². The largest absolute Gasteiger partial charge is 0.465 e. The maximum atomic E-state index is 13.9. The molecule has 1 aromatic heterocycles. The van der Waals surface area contributed by atoms with E-state index in [0.29, 0.717) is 56.6 Å². The van der Waals surface area contributed by atoms with Crippen LogP contribution in [0.2, 0.25) is 0 Å². The van der Waals surface area contributed by atoms with Gasteiger partial charge in [-0.1, -0.05) is 36.4 Å². The molecular formula is C42H51N7O7. The molecule has 1 saturated heterocycles. The number of hydrogen-bond donors (Lipinski definition) is 6. The van der Waals surface area contributed by atoms with Crippen molar-refractivity contribution in [3.8, 4) is 11.1 Å². The number of piperidine rings is 1. The molecule has 14 nitrogen and oxygen atoms in total. The van der Waals surface area contributed by atoms with Crippen molar-refractivity contribution in [2.24, 2.45) is 11.8 Å². The molecule has 1 atom stereocenters. The molecule has 6 N–H and O–H groups in total. The van der Waals surface area contributed by atoms with Crippen molar-refractivity contribution in [2.45, 2.75) is 83.4 Å². The number of rotatable bonds is 11. The first-order valence-corrected chi connectivity index (χ1v) is 19.3. The van der Waals surface area contributed by atoms with Gasteiger partial charge in [0.05, 0.1) is 11.7 Å². The Morgan fingerprint density at radius 2 is 1.64 bits per heavy atom. The monoisotopic (exact) mass is 765 g/mol. The van der Waals surface area contributed by atoms with Crippen molar-refractivity contribution >= 4 is 46.5 Å². The number of aromatic amines is 1. The molecule has 5 amide bonds. The first-order valence-electron chi connectivity index (χ1n) is 19.3. The number of alkyl carbamates (subject to hydrolysis) is 1. The maximum Gasteiger partial charge on any atom is 0.407 e. The van der Waals surface area contributed by atoms with Crippen LogP contribution in [0.25, 0.3) is 22.0 Å². The van der Waals surface area contributed by atoms with E-state index in [2.05, 4.69) is 31.5 Å². The van der Waals surface area contributed by atoms with E-state index in [0.717, 1.165) is 40.4 Å². The summed E-state index contributed by atoms with van der Waals surface area (Å²) in [5, 5.41) is 29.0. The lowest BCUT2D eigenvalue weighted by atomic mass is 9.81. The van der Waals surface area contributed by atoms with Crippen LogP contribution in [-0.2, 0) is 20.7 Å². The van der Waals surface area contributed by atoms with Crippen LogP contribution in [0.5, 0.6) is 0 Å². The van der Waals surface area contributed by atoms with Crippen molar-refractivity contribution in [2.75, 3.05) is 25.0 Å². The number of amides is 5. The number of hydrogen-bond acceptors (Lipinski definition) is 7. The molecule has 0 radical (unpaired) electrons. The van der Waals surface area contributed by atoms with Gasteiger partial charge in [-0.2, -0.15) is 5.10 Å². The Kier molecular flexibility index (Phi) is 12.6. The number of nitrogens with zero attached hydrogens (tertiary/aromatic N) is 2. The molecule has 1 saturated carbocycles. The average Bonchev–Trinajstić information content (AvgIpc) is 3.65. The fourth-order valence-electron chi connectivity index (χ4n) is 7.33. The zero-order chi connectivity index (χ0) is 39.8. The number of likely N-dealkylation sites (tertiary alicyclic amines) is 1. The van der Waals surface area contributed by atoms with Gasteiger partial charge in [0.25, 0.3) is 5.91 Å². The third-order valence-electron chi connectivity index (χ3n) is 10.4. The first kappa shape index (κ1) is 39.8. The highest BCUT2D eigenvalue weighted by atomic mass is 16.6. The number of benzene rings is 3. The van der Waals surface area contributed by atoms with Gasteiger partial charge >= 0.3 is 12.2 Å².